The molecule has 0 heterocycles. The molecule has 0 radical (unpaired) electrons. The first kappa shape index (κ1) is 15.4. The van der Waals surface area contributed by atoms with E-state index in [2.05, 4.69) is 0 Å². The van der Waals surface area contributed by atoms with Gasteiger partial charge in [0.05, 0.1) is 10.5 Å². The van der Waals surface area contributed by atoms with Gasteiger partial charge in [0.15, 0.2) is 0 Å². The molecule has 5 heteroatoms. The smallest absolute Gasteiger partial charge is 0.338 e. The fraction of sp³-hybridized carbons (Fsp3) is 0.118. The Balaban J connectivity index is 1.94. The van der Waals surface area contributed by atoms with Gasteiger partial charge in [0.2, 0.25) is 0 Å². The van der Waals surface area contributed by atoms with Crippen molar-refractivity contribution in [2.75, 3.05) is 6.61 Å². The first-order chi connectivity index (χ1) is 10.6. The molecule has 0 unspecified atom stereocenters. The molecule has 0 saturated carbocycles. The van der Waals surface area contributed by atoms with Crippen molar-refractivity contribution in [3.63, 3.8) is 0 Å². The maximum absolute atomic E-state index is 11.9. The Labute approximate surface area is 128 Å². The molecule has 0 fully saturated rings. The van der Waals surface area contributed by atoms with Gasteiger partial charge in [0.1, 0.15) is 6.61 Å². The van der Waals surface area contributed by atoms with Crippen molar-refractivity contribution in [3.05, 3.63) is 81.4 Å². The van der Waals surface area contributed by atoms with Gasteiger partial charge < -0.3 is 4.74 Å². The maximum Gasteiger partial charge on any atom is 0.338 e. The van der Waals surface area contributed by atoms with Gasteiger partial charge >= 0.3 is 5.97 Å². The molecular weight excluding hydrogens is 282 g/mol. The Morgan fingerprint density at radius 3 is 2.59 bits per heavy atom. The number of hydrogen-bond acceptors (Lipinski definition) is 4. The molecule has 112 valence electrons. The van der Waals surface area contributed by atoms with Gasteiger partial charge in [-0.2, -0.15) is 0 Å². The van der Waals surface area contributed by atoms with E-state index in [1.165, 1.54) is 18.2 Å². The number of rotatable bonds is 5. The molecule has 0 aliphatic carbocycles. The largest absolute Gasteiger partial charge is 0.458 e. The summed E-state index contributed by atoms with van der Waals surface area (Å²) >= 11 is 0. The van der Waals surface area contributed by atoms with Crippen molar-refractivity contribution < 1.29 is 14.5 Å². The summed E-state index contributed by atoms with van der Waals surface area (Å²) in [5.41, 5.74) is 1.74. The second kappa shape index (κ2) is 7.17. The first-order valence-electron chi connectivity index (χ1n) is 6.71. The van der Waals surface area contributed by atoms with Crippen LogP contribution in [0.3, 0.4) is 0 Å². The van der Waals surface area contributed by atoms with E-state index in [4.69, 9.17) is 4.74 Å². The zero-order valence-electron chi connectivity index (χ0n) is 12.1. The number of esters is 1. The molecule has 0 aliphatic rings. The molecule has 2 aromatic rings. The quantitative estimate of drug-likeness (QED) is 0.478. The molecule has 0 aliphatic heterocycles. The molecule has 0 atom stereocenters. The zero-order chi connectivity index (χ0) is 15.9. The Morgan fingerprint density at radius 1 is 1.23 bits per heavy atom. The lowest BCUT2D eigenvalue weighted by Gasteiger charge is -2.03. The monoisotopic (exact) mass is 297 g/mol. The maximum atomic E-state index is 11.9. The third-order valence-corrected chi connectivity index (χ3v) is 3.05. The van der Waals surface area contributed by atoms with Gasteiger partial charge in [-0.05, 0) is 30.7 Å². The van der Waals surface area contributed by atoms with Crippen LogP contribution in [0.2, 0.25) is 0 Å². The van der Waals surface area contributed by atoms with Crippen LogP contribution in [0.5, 0.6) is 0 Å². The second-order valence-corrected chi connectivity index (χ2v) is 4.67. The minimum Gasteiger partial charge on any atom is -0.458 e. The number of hydrogen-bond donors (Lipinski definition) is 0. The average molecular weight is 297 g/mol. The summed E-state index contributed by atoms with van der Waals surface area (Å²) in [5, 5.41) is 10.7. The van der Waals surface area contributed by atoms with E-state index in [1.807, 2.05) is 36.4 Å². The van der Waals surface area contributed by atoms with E-state index in [0.29, 0.717) is 11.1 Å². The van der Waals surface area contributed by atoms with Crippen molar-refractivity contribution in [2.45, 2.75) is 6.92 Å². The van der Waals surface area contributed by atoms with Gasteiger partial charge in [-0.1, -0.05) is 36.4 Å². The van der Waals surface area contributed by atoms with E-state index >= 15 is 0 Å². The highest BCUT2D eigenvalue weighted by molar-refractivity contribution is 5.90. The number of nitro groups is 1. The Kier molecular flexibility index (Phi) is 5.03. The molecule has 5 nitrogen and oxygen atoms in total. The number of aryl methyl sites for hydroxylation is 1. The van der Waals surface area contributed by atoms with Crippen molar-refractivity contribution in [3.8, 4) is 0 Å². The van der Waals surface area contributed by atoms with Gasteiger partial charge in [-0.3, -0.25) is 10.1 Å². The van der Waals surface area contributed by atoms with Crippen LogP contribution in [0.1, 0.15) is 21.5 Å². The molecule has 0 aromatic heterocycles. The number of nitrogens with zero attached hydrogens (tertiary/aromatic N) is 1. The molecule has 0 spiro atoms. The number of carbonyl (C=O) groups excluding carboxylic acids is 1. The van der Waals surface area contributed by atoms with Crippen LogP contribution in [0, 0.1) is 17.0 Å². The lowest BCUT2D eigenvalue weighted by atomic mass is 10.1. The van der Waals surface area contributed by atoms with E-state index < -0.39 is 10.9 Å². The van der Waals surface area contributed by atoms with E-state index in [0.717, 1.165) is 5.56 Å². The number of benzene rings is 2. The normalized spacial score (nSPS) is 10.6. The predicted octanol–water partition coefficient (Wildman–Crippen LogP) is 3.77. The molecule has 22 heavy (non-hydrogen) atoms. The molecule has 0 bridgehead atoms. The molecule has 0 N–H and O–H groups in total. The van der Waals surface area contributed by atoms with Crippen LogP contribution in [-0.4, -0.2) is 17.5 Å². The van der Waals surface area contributed by atoms with E-state index in [1.54, 1.807) is 13.0 Å². The number of carbonyl (C=O) groups is 1. The van der Waals surface area contributed by atoms with Gasteiger partial charge in [-0.15, -0.1) is 0 Å². The van der Waals surface area contributed by atoms with Crippen molar-refractivity contribution in [1.82, 2.24) is 0 Å². The SMILES string of the molecule is Cc1cc(C(=O)OC/C=C/c2ccccc2)ccc1[N+](=O)[O-]. The molecular formula is C17H15NO4. The van der Waals surface area contributed by atoms with Gasteiger partial charge in [-0.25, -0.2) is 4.79 Å². The standard InChI is InChI=1S/C17H15NO4/c1-13-12-15(9-10-16(13)18(20)21)17(19)22-11-5-8-14-6-3-2-4-7-14/h2-10,12H,11H2,1H3/b8-5+. The Morgan fingerprint density at radius 2 is 1.95 bits per heavy atom. The van der Waals surface area contributed by atoms with Crippen molar-refractivity contribution in [2.24, 2.45) is 0 Å². The van der Waals surface area contributed by atoms with Crippen LogP contribution in [-0.2, 0) is 4.74 Å². The molecule has 0 amide bonds. The van der Waals surface area contributed by atoms with Crippen molar-refractivity contribution in [1.29, 1.82) is 0 Å². The highest BCUT2D eigenvalue weighted by atomic mass is 16.6. The summed E-state index contributed by atoms with van der Waals surface area (Å²) in [6.07, 6.45) is 3.60. The summed E-state index contributed by atoms with van der Waals surface area (Å²) < 4.78 is 5.11. The summed E-state index contributed by atoms with van der Waals surface area (Å²) in [7, 11) is 0. The Hall–Kier alpha value is -2.95. The van der Waals surface area contributed by atoms with E-state index in [-0.39, 0.29) is 12.3 Å². The first-order valence-corrected chi connectivity index (χ1v) is 6.71. The van der Waals surface area contributed by atoms with Crippen LogP contribution in [0.15, 0.2) is 54.6 Å². The van der Waals surface area contributed by atoms with Crippen LogP contribution >= 0.6 is 0 Å². The summed E-state index contributed by atoms with van der Waals surface area (Å²) in [5.74, 6) is -0.504. The third kappa shape index (κ3) is 4.02. The minimum atomic E-state index is -0.504. The minimum absolute atomic E-state index is 0.0134. The topological polar surface area (TPSA) is 69.4 Å². The summed E-state index contributed by atoms with van der Waals surface area (Å²) in [6.45, 7) is 1.73. The predicted molar refractivity (Wildman–Crippen MR) is 83.6 cm³/mol. The average Bonchev–Trinajstić information content (AvgIpc) is 2.52. The lowest BCUT2D eigenvalue weighted by Crippen LogP contribution is -2.06. The number of nitro benzene ring substituents is 1. The van der Waals surface area contributed by atoms with Crippen molar-refractivity contribution >= 4 is 17.7 Å². The molecule has 2 aromatic carbocycles. The van der Waals surface area contributed by atoms with E-state index in [9.17, 15) is 14.9 Å². The van der Waals surface area contributed by atoms with Crippen LogP contribution in [0.25, 0.3) is 6.08 Å². The van der Waals surface area contributed by atoms with Crippen LogP contribution < -0.4 is 0 Å². The lowest BCUT2D eigenvalue weighted by molar-refractivity contribution is -0.385. The van der Waals surface area contributed by atoms with Gasteiger partial charge in [0, 0.05) is 11.6 Å². The summed E-state index contributed by atoms with van der Waals surface area (Å²) in [6, 6.07) is 13.8. The second-order valence-electron chi connectivity index (χ2n) is 4.67. The van der Waals surface area contributed by atoms with Gasteiger partial charge in [0.25, 0.3) is 5.69 Å². The number of ether oxygens (including phenoxy) is 1. The summed E-state index contributed by atoms with van der Waals surface area (Å²) in [4.78, 5) is 22.1. The third-order valence-electron chi connectivity index (χ3n) is 3.05. The fourth-order valence-electron chi connectivity index (χ4n) is 1.94. The van der Waals surface area contributed by atoms with Crippen LogP contribution in [0.4, 0.5) is 5.69 Å². The molecule has 2 rings (SSSR count). The Bertz CT molecular complexity index is 708. The highest BCUT2D eigenvalue weighted by Crippen LogP contribution is 2.19. The molecule has 0 saturated heterocycles. The fourth-order valence-corrected chi connectivity index (χ4v) is 1.94. The zero-order valence-corrected chi connectivity index (χ0v) is 12.1. The highest BCUT2D eigenvalue weighted by Gasteiger charge is 2.14.